The molecule has 0 aliphatic heterocycles. The first kappa shape index (κ1) is 16.6. The lowest BCUT2D eigenvalue weighted by Crippen LogP contribution is -2.30. The van der Waals surface area contributed by atoms with Crippen LogP contribution in [0.5, 0.6) is 0 Å². The van der Waals surface area contributed by atoms with Crippen LogP contribution in [0.4, 0.5) is 5.82 Å². The molecule has 1 amide bonds. The Morgan fingerprint density at radius 3 is 2.77 bits per heavy atom. The second-order valence-corrected chi connectivity index (χ2v) is 6.07. The van der Waals surface area contributed by atoms with Crippen LogP contribution in [-0.2, 0) is 17.9 Å². The number of hydrogen-bond donors (Lipinski definition) is 1. The molecule has 0 aliphatic carbocycles. The van der Waals surface area contributed by atoms with E-state index in [-0.39, 0.29) is 5.91 Å². The lowest BCUT2D eigenvalue weighted by molar-refractivity contribution is -0.117. The maximum absolute atomic E-state index is 12.0. The average molecular weight is 366 g/mol. The number of carbonyl (C=O) groups is 1. The third kappa shape index (κ3) is 4.38. The molecule has 0 saturated carbocycles. The summed E-state index contributed by atoms with van der Waals surface area (Å²) in [6.07, 6.45) is 3.52. The van der Waals surface area contributed by atoms with Gasteiger partial charge in [-0.25, -0.2) is 4.98 Å². The van der Waals surface area contributed by atoms with E-state index in [1.54, 1.807) is 12.3 Å². The SMILES string of the molecule is CCn1ncc(CN(C)CC(=O)Nc2ccc(Br)cn2)c1C. The van der Waals surface area contributed by atoms with Gasteiger partial charge < -0.3 is 5.32 Å². The minimum Gasteiger partial charge on any atom is -0.310 e. The fourth-order valence-corrected chi connectivity index (χ4v) is 2.42. The highest BCUT2D eigenvalue weighted by Crippen LogP contribution is 2.11. The van der Waals surface area contributed by atoms with Gasteiger partial charge in [0.15, 0.2) is 0 Å². The van der Waals surface area contributed by atoms with Crippen molar-refractivity contribution in [2.75, 3.05) is 18.9 Å². The molecule has 1 N–H and O–H groups in total. The minimum absolute atomic E-state index is 0.0853. The molecule has 0 unspecified atom stereocenters. The average Bonchev–Trinajstić information content (AvgIpc) is 2.82. The topological polar surface area (TPSA) is 63.1 Å². The van der Waals surface area contributed by atoms with E-state index in [1.165, 1.54) is 0 Å². The Balaban J connectivity index is 1.88. The van der Waals surface area contributed by atoms with Crippen molar-refractivity contribution >= 4 is 27.7 Å². The highest BCUT2D eigenvalue weighted by atomic mass is 79.9. The van der Waals surface area contributed by atoms with Crippen LogP contribution in [0.2, 0.25) is 0 Å². The van der Waals surface area contributed by atoms with Crippen molar-refractivity contribution in [3.05, 3.63) is 40.3 Å². The molecule has 0 saturated heterocycles. The molecule has 0 fully saturated rings. The number of likely N-dealkylation sites (N-methyl/N-ethyl adjacent to an activating group) is 1. The van der Waals surface area contributed by atoms with Gasteiger partial charge in [-0.05, 0) is 49.0 Å². The van der Waals surface area contributed by atoms with Crippen molar-refractivity contribution in [1.29, 1.82) is 0 Å². The van der Waals surface area contributed by atoms with Crippen molar-refractivity contribution in [2.45, 2.75) is 26.9 Å². The Morgan fingerprint density at radius 1 is 1.41 bits per heavy atom. The monoisotopic (exact) mass is 365 g/mol. The van der Waals surface area contributed by atoms with Gasteiger partial charge in [-0.15, -0.1) is 0 Å². The molecule has 2 rings (SSSR count). The van der Waals surface area contributed by atoms with E-state index in [1.807, 2.05) is 35.8 Å². The first-order chi connectivity index (χ1) is 10.5. The molecule has 6 nitrogen and oxygen atoms in total. The van der Waals surface area contributed by atoms with Crippen LogP contribution in [0.3, 0.4) is 0 Å². The third-order valence-electron chi connectivity index (χ3n) is 3.35. The molecule has 2 heterocycles. The Labute approximate surface area is 138 Å². The van der Waals surface area contributed by atoms with Gasteiger partial charge in [0.25, 0.3) is 0 Å². The number of nitrogens with one attached hydrogen (secondary N) is 1. The molecule has 0 bridgehead atoms. The van der Waals surface area contributed by atoms with Gasteiger partial charge in [0.2, 0.25) is 5.91 Å². The zero-order valence-electron chi connectivity index (χ0n) is 13.0. The second kappa shape index (κ2) is 7.51. The number of pyridine rings is 1. The highest BCUT2D eigenvalue weighted by Gasteiger charge is 2.11. The maximum atomic E-state index is 12.0. The van der Waals surface area contributed by atoms with Gasteiger partial charge in [-0.2, -0.15) is 5.10 Å². The van der Waals surface area contributed by atoms with Gasteiger partial charge in [0.1, 0.15) is 5.82 Å². The predicted octanol–water partition coefficient (Wildman–Crippen LogP) is 2.44. The molecule has 0 aliphatic rings. The van der Waals surface area contributed by atoms with Gasteiger partial charge >= 0.3 is 0 Å². The molecule has 0 spiro atoms. The van der Waals surface area contributed by atoms with Crippen LogP contribution in [0.1, 0.15) is 18.2 Å². The molecule has 2 aromatic heterocycles. The first-order valence-corrected chi connectivity index (χ1v) is 7.90. The number of hydrogen-bond acceptors (Lipinski definition) is 4. The zero-order valence-corrected chi connectivity index (χ0v) is 14.6. The van der Waals surface area contributed by atoms with E-state index in [2.05, 4.69) is 38.3 Å². The molecule has 0 radical (unpaired) electrons. The van der Waals surface area contributed by atoms with Gasteiger partial charge in [-0.3, -0.25) is 14.4 Å². The largest absolute Gasteiger partial charge is 0.310 e. The van der Waals surface area contributed by atoms with Crippen LogP contribution in [0.25, 0.3) is 0 Å². The van der Waals surface area contributed by atoms with Crippen LogP contribution >= 0.6 is 15.9 Å². The summed E-state index contributed by atoms with van der Waals surface area (Å²) in [6.45, 7) is 5.95. The Kier molecular flexibility index (Phi) is 5.68. The van der Waals surface area contributed by atoms with Crippen molar-refractivity contribution in [3.63, 3.8) is 0 Å². The van der Waals surface area contributed by atoms with Gasteiger partial charge in [0, 0.05) is 35.0 Å². The predicted molar refractivity (Wildman–Crippen MR) is 89.5 cm³/mol. The van der Waals surface area contributed by atoms with E-state index in [4.69, 9.17) is 0 Å². The summed E-state index contributed by atoms with van der Waals surface area (Å²) in [7, 11) is 1.91. The number of aromatic nitrogens is 3. The fourth-order valence-electron chi connectivity index (χ4n) is 2.18. The second-order valence-electron chi connectivity index (χ2n) is 5.15. The normalized spacial score (nSPS) is 11.0. The first-order valence-electron chi connectivity index (χ1n) is 7.10. The molecule has 0 atom stereocenters. The number of carbonyl (C=O) groups excluding carboxylic acids is 1. The molecule has 2 aromatic rings. The quantitative estimate of drug-likeness (QED) is 0.853. The molecular weight excluding hydrogens is 346 g/mol. The van der Waals surface area contributed by atoms with Crippen molar-refractivity contribution < 1.29 is 4.79 Å². The Bertz CT molecular complexity index is 638. The Hall–Kier alpha value is -1.73. The van der Waals surface area contributed by atoms with Gasteiger partial charge in [0.05, 0.1) is 12.7 Å². The van der Waals surface area contributed by atoms with E-state index in [9.17, 15) is 4.79 Å². The molecule has 118 valence electrons. The summed E-state index contributed by atoms with van der Waals surface area (Å²) in [4.78, 5) is 18.1. The summed E-state index contributed by atoms with van der Waals surface area (Å²) in [5.74, 6) is 0.467. The zero-order chi connectivity index (χ0) is 16.1. The van der Waals surface area contributed by atoms with E-state index in [0.717, 1.165) is 22.3 Å². The molecule has 0 aromatic carbocycles. The Morgan fingerprint density at radius 2 is 2.18 bits per heavy atom. The lowest BCUT2D eigenvalue weighted by Gasteiger charge is -2.16. The van der Waals surface area contributed by atoms with Crippen molar-refractivity contribution in [3.8, 4) is 0 Å². The highest BCUT2D eigenvalue weighted by molar-refractivity contribution is 9.10. The van der Waals surface area contributed by atoms with Crippen LogP contribution in [0, 0.1) is 6.92 Å². The number of rotatable bonds is 6. The van der Waals surface area contributed by atoms with E-state index < -0.39 is 0 Å². The van der Waals surface area contributed by atoms with Gasteiger partial charge in [-0.1, -0.05) is 0 Å². The smallest absolute Gasteiger partial charge is 0.239 e. The summed E-state index contributed by atoms with van der Waals surface area (Å²) in [5.41, 5.74) is 2.28. The number of anilines is 1. The van der Waals surface area contributed by atoms with Crippen molar-refractivity contribution in [2.24, 2.45) is 0 Å². The van der Waals surface area contributed by atoms with Crippen LogP contribution in [0.15, 0.2) is 29.0 Å². The maximum Gasteiger partial charge on any atom is 0.239 e. The number of aryl methyl sites for hydroxylation is 1. The number of amides is 1. The summed E-state index contributed by atoms with van der Waals surface area (Å²) in [5, 5.41) is 7.10. The van der Waals surface area contributed by atoms with E-state index >= 15 is 0 Å². The number of nitrogens with zero attached hydrogens (tertiary/aromatic N) is 4. The van der Waals surface area contributed by atoms with Crippen LogP contribution in [-0.4, -0.2) is 39.2 Å². The van der Waals surface area contributed by atoms with E-state index in [0.29, 0.717) is 18.9 Å². The lowest BCUT2D eigenvalue weighted by atomic mass is 10.2. The fraction of sp³-hybridized carbons (Fsp3) is 0.400. The van der Waals surface area contributed by atoms with Crippen LogP contribution < -0.4 is 5.32 Å². The summed E-state index contributed by atoms with van der Waals surface area (Å²) >= 11 is 3.31. The van der Waals surface area contributed by atoms with Crippen molar-refractivity contribution in [1.82, 2.24) is 19.7 Å². The molecule has 7 heteroatoms. The number of halogens is 1. The molecular formula is C15H20BrN5O. The standard InChI is InChI=1S/C15H20BrN5O/c1-4-21-11(2)12(7-18-21)9-20(3)10-15(22)19-14-6-5-13(16)8-17-14/h5-8H,4,9-10H2,1-3H3,(H,17,19,22). The minimum atomic E-state index is -0.0853. The summed E-state index contributed by atoms with van der Waals surface area (Å²) < 4.78 is 2.83. The molecule has 22 heavy (non-hydrogen) atoms. The summed E-state index contributed by atoms with van der Waals surface area (Å²) in [6, 6.07) is 3.60. The third-order valence-corrected chi connectivity index (χ3v) is 3.82.